The van der Waals surface area contributed by atoms with Gasteiger partial charge in [0, 0.05) is 30.5 Å². The minimum absolute atomic E-state index is 0.0128. The van der Waals surface area contributed by atoms with Gasteiger partial charge in [-0.1, -0.05) is 5.16 Å². The van der Waals surface area contributed by atoms with Gasteiger partial charge in [0.25, 0.3) is 5.69 Å². The van der Waals surface area contributed by atoms with Gasteiger partial charge < -0.3 is 10.3 Å². The van der Waals surface area contributed by atoms with Crippen LogP contribution in [0.2, 0.25) is 0 Å². The highest BCUT2D eigenvalue weighted by molar-refractivity contribution is 5.73. The molecule has 0 atom stereocenters. The maximum Gasteiger partial charge on any atom is 0.269 e. The number of nitro benzene ring substituents is 1. The van der Waals surface area contributed by atoms with Gasteiger partial charge in [-0.05, 0) is 12.1 Å². The van der Waals surface area contributed by atoms with E-state index in [1.165, 1.54) is 24.3 Å². The second-order valence-electron chi connectivity index (χ2n) is 3.78. The molecule has 19 heavy (non-hydrogen) atoms. The number of nitrogens with zero attached hydrogens (tertiary/aromatic N) is 3. The maximum absolute atomic E-state index is 10.6. The number of aromatic nitrogens is 2. The lowest BCUT2D eigenvalue weighted by Gasteiger charge is -1.93. The van der Waals surface area contributed by atoms with Crippen molar-refractivity contribution in [3.8, 4) is 11.4 Å². The summed E-state index contributed by atoms with van der Waals surface area (Å²) in [5, 5.41) is 14.2. The van der Waals surface area contributed by atoms with Gasteiger partial charge in [-0.3, -0.25) is 14.9 Å². The molecule has 2 aromatic rings. The van der Waals surface area contributed by atoms with Gasteiger partial charge in [-0.2, -0.15) is 4.98 Å². The van der Waals surface area contributed by atoms with Crippen LogP contribution in [-0.4, -0.2) is 21.0 Å². The average Bonchev–Trinajstić information content (AvgIpc) is 2.85. The third-order valence-corrected chi connectivity index (χ3v) is 2.39. The molecule has 0 aliphatic heterocycles. The van der Waals surface area contributed by atoms with E-state index in [-0.39, 0.29) is 18.5 Å². The first-order valence-corrected chi connectivity index (χ1v) is 5.42. The van der Waals surface area contributed by atoms with Crippen molar-refractivity contribution in [2.75, 3.05) is 0 Å². The summed E-state index contributed by atoms with van der Waals surface area (Å²) in [5.74, 6) is 0.164. The molecule has 0 aliphatic rings. The van der Waals surface area contributed by atoms with Crippen molar-refractivity contribution in [2.24, 2.45) is 5.73 Å². The highest BCUT2D eigenvalue weighted by atomic mass is 16.6. The molecule has 8 heteroatoms. The average molecular weight is 262 g/mol. The third kappa shape index (κ3) is 3.12. The number of non-ortho nitro benzene ring substituents is 1. The normalized spacial score (nSPS) is 10.3. The van der Waals surface area contributed by atoms with Gasteiger partial charge in [0.05, 0.1) is 4.92 Å². The van der Waals surface area contributed by atoms with Crippen LogP contribution in [0.25, 0.3) is 11.4 Å². The third-order valence-electron chi connectivity index (χ3n) is 2.39. The van der Waals surface area contributed by atoms with Crippen LogP contribution in [0.15, 0.2) is 28.8 Å². The quantitative estimate of drug-likeness (QED) is 0.634. The molecule has 2 rings (SSSR count). The van der Waals surface area contributed by atoms with Crippen LogP contribution >= 0.6 is 0 Å². The molecule has 1 heterocycles. The Bertz CT molecular complexity index is 605. The largest absolute Gasteiger partial charge is 0.370 e. The second kappa shape index (κ2) is 5.25. The highest BCUT2D eigenvalue weighted by Gasteiger charge is 2.11. The van der Waals surface area contributed by atoms with Gasteiger partial charge in [-0.15, -0.1) is 0 Å². The molecule has 0 saturated carbocycles. The monoisotopic (exact) mass is 262 g/mol. The lowest BCUT2D eigenvalue weighted by atomic mass is 10.2. The second-order valence-corrected chi connectivity index (χ2v) is 3.78. The number of primary amides is 1. The minimum Gasteiger partial charge on any atom is -0.370 e. The van der Waals surface area contributed by atoms with Gasteiger partial charge in [-0.25, -0.2) is 0 Å². The first-order chi connectivity index (χ1) is 9.06. The molecular weight excluding hydrogens is 252 g/mol. The Morgan fingerprint density at radius 3 is 2.63 bits per heavy atom. The fraction of sp³-hybridized carbons (Fsp3) is 0.182. The summed E-state index contributed by atoms with van der Waals surface area (Å²) >= 11 is 0. The minimum atomic E-state index is -0.488. The molecule has 0 bridgehead atoms. The topological polar surface area (TPSA) is 125 Å². The predicted molar refractivity (Wildman–Crippen MR) is 63.9 cm³/mol. The summed E-state index contributed by atoms with van der Waals surface area (Å²) in [5.41, 5.74) is 5.59. The number of carbonyl (C=O) groups excluding carboxylic acids is 1. The van der Waals surface area contributed by atoms with Crippen LogP contribution in [0.5, 0.6) is 0 Å². The lowest BCUT2D eigenvalue weighted by molar-refractivity contribution is -0.384. The predicted octanol–water partition coefficient (Wildman–Crippen LogP) is 1.06. The number of aryl methyl sites for hydroxylation is 1. The molecule has 1 amide bonds. The van der Waals surface area contributed by atoms with E-state index in [2.05, 4.69) is 10.1 Å². The molecule has 0 spiro atoms. The fourth-order valence-corrected chi connectivity index (χ4v) is 1.44. The summed E-state index contributed by atoms with van der Waals surface area (Å²) in [6.07, 6.45) is 0.400. The standard InChI is InChI=1S/C11H10N4O4/c12-9(16)5-6-10-13-11(14-19-10)7-1-3-8(4-2-7)15(17)18/h1-4H,5-6H2,(H2,12,16). The van der Waals surface area contributed by atoms with Crippen molar-refractivity contribution in [1.29, 1.82) is 0 Å². The zero-order chi connectivity index (χ0) is 13.8. The fourth-order valence-electron chi connectivity index (χ4n) is 1.44. The van der Waals surface area contributed by atoms with E-state index in [1.807, 2.05) is 0 Å². The summed E-state index contributed by atoms with van der Waals surface area (Å²) in [4.78, 5) is 24.7. The van der Waals surface area contributed by atoms with E-state index < -0.39 is 10.8 Å². The van der Waals surface area contributed by atoms with Gasteiger partial charge in [0.1, 0.15) is 0 Å². The Hall–Kier alpha value is -2.77. The first-order valence-electron chi connectivity index (χ1n) is 5.42. The zero-order valence-corrected chi connectivity index (χ0v) is 9.78. The molecule has 0 unspecified atom stereocenters. The number of hydrogen-bond donors (Lipinski definition) is 1. The van der Waals surface area contributed by atoms with E-state index >= 15 is 0 Å². The summed E-state index contributed by atoms with van der Waals surface area (Å²) < 4.78 is 4.94. The number of rotatable bonds is 5. The highest BCUT2D eigenvalue weighted by Crippen LogP contribution is 2.20. The molecule has 8 nitrogen and oxygen atoms in total. The van der Waals surface area contributed by atoms with Crippen molar-refractivity contribution in [1.82, 2.24) is 10.1 Å². The molecule has 0 saturated heterocycles. The molecule has 0 aliphatic carbocycles. The Morgan fingerprint density at radius 2 is 2.05 bits per heavy atom. The van der Waals surface area contributed by atoms with Crippen molar-refractivity contribution < 1.29 is 14.2 Å². The van der Waals surface area contributed by atoms with Crippen LogP contribution in [0.4, 0.5) is 5.69 Å². The summed E-state index contributed by atoms with van der Waals surface area (Å²) in [7, 11) is 0. The van der Waals surface area contributed by atoms with E-state index in [9.17, 15) is 14.9 Å². The van der Waals surface area contributed by atoms with Crippen molar-refractivity contribution >= 4 is 11.6 Å². The van der Waals surface area contributed by atoms with E-state index in [0.29, 0.717) is 17.3 Å². The molecule has 98 valence electrons. The van der Waals surface area contributed by atoms with E-state index in [1.54, 1.807) is 0 Å². The van der Waals surface area contributed by atoms with Crippen molar-refractivity contribution in [3.05, 3.63) is 40.3 Å². The van der Waals surface area contributed by atoms with Gasteiger partial charge in [0.2, 0.25) is 17.6 Å². The number of benzene rings is 1. The Balaban J connectivity index is 2.13. The number of amides is 1. The van der Waals surface area contributed by atoms with E-state index in [0.717, 1.165) is 0 Å². The number of carbonyl (C=O) groups is 1. The number of nitrogens with two attached hydrogens (primary N) is 1. The lowest BCUT2D eigenvalue weighted by Crippen LogP contribution is -2.11. The van der Waals surface area contributed by atoms with Crippen LogP contribution in [-0.2, 0) is 11.2 Å². The van der Waals surface area contributed by atoms with Crippen LogP contribution in [0.3, 0.4) is 0 Å². The van der Waals surface area contributed by atoms with E-state index in [4.69, 9.17) is 10.3 Å². The van der Waals surface area contributed by atoms with Crippen LogP contribution in [0.1, 0.15) is 12.3 Å². The number of nitro groups is 1. The zero-order valence-electron chi connectivity index (χ0n) is 9.78. The van der Waals surface area contributed by atoms with Crippen molar-refractivity contribution in [3.63, 3.8) is 0 Å². The van der Waals surface area contributed by atoms with Crippen LogP contribution in [0, 0.1) is 10.1 Å². The van der Waals surface area contributed by atoms with Gasteiger partial charge in [0.15, 0.2) is 0 Å². The Morgan fingerprint density at radius 1 is 1.37 bits per heavy atom. The van der Waals surface area contributed by atoms with Crippen molar-refractivity contribution in [2.45, 2.75) is 12.8 Å². The molecule has 0 radical (unpaired) electrons. The Labute approximate surface area is 107 Å². The smallest absolute Gasteiger partial charge is 0.269 e. The molecule has 0 fully saturated rings. The van der Waals surface area contributed by atoms with Crippen LogP contribution < -0.4 is 5.73 Å². The summed E-state index contributed by atoms with van der Waals surface area (Å²) in [6, 6.07) is 5.77. The maximum atomic E-state index is 10.6. The summed E-state index contributed by atoms with van der Waals surface area (Å²) in [6.45, 7) is 0. The number of hydrogen-bond acceptors (Lipinski definition) is 6. The van der Waals surface area contributed by atoms with Gasteiger partial charge >= 0.3 is 0 Å². The molecular formula is C11H10N4O4. The molecule has 2 N–H and O–H groups in total. The molecule has 1 aromatic heterocycles. The SMILES string of the molecule is NC(=O)CCc1nc(-c2ccc([N+](=O)[O-])cc2)no1. The molecule has 1 aromatic carbocycles. The Kier molecular flexibility index (Phi) is 3.51. The first kappa shape index (κ1) is 12.7.